The minimum absolute atomic E-state index is 0.354. The van der Waals surface area contributed by atoms with Gasteiger partial charge in [0, 0.05) is 22.3 Å². The van der Waals surface area contributed by atoms with E-state index in [4.69, 9.17) is 4.74 Å². The Labute approximate surface area is 173 Å². The van der Waals surface area contributed by atoms with Crippen molar-refractivity contribution < 1.29 is 14.3 Å². The summed E-state index contributed by atoms with van der Waals surface area (Å²) < 4.78 is 5.29. The summed E-state index contributed by atoms with van der Waals surface area (Å²) in [5.41, 5.74) is 1.66. The van der Waals surface area contributed by atoms with Crippen molar-refractivity contribution in [3.63, 3.8) is 0 Å². The smallest absolute Gasteiger partial charge is 0.408 e. The third-order valence-corrected chi connectivity index (χ3v) is 4.72. The van der Waals surface area contributed by atoms with Crippen LogP contribution in [0.2, 0.25) is 0 Å². The number of hydrogen-bond donors (Lipinski definition) is 2. The number of ether oxygens (including phenoxy) is 1. The second kappa shape index (κ2) is 8.83. The number of carbonyl (C=O) groups is 2. The van der Waals surface area contributed by atoms with Crippen molar-refractivity contribution in [1.29, 1.82) is 0 Å². The summed E-state index contributed by atoms with van der Waals surface area (Å²) in [6.45, 7) is 5.31. The average molecular weight is 410 g/mol. The van der Waals surface area contributed by atoms with E-state index < -0.39 is 17.7 Å². The quantitative estimate of drug-likeness (QED) is 0.650. The van der Waals surface area contributed by atoms with Gasteiger partial charge in [0.25, 0.3) is 5.91 Å². The Hall–Kier alpha value is -3.26. The lowest BCUT2D eigenvalue weighted by atomic mass is 10.1. The number of carbonyl (C=O) groups excluding carboxylic acids is 2. The van der Waals surface area contributed by atoms with E-state index in [1.807, 2.05) is 29.6 Å². The van der Waals surface area contributed by atoms with Crippen LogP contribution in [0, 0.1) is 0 Å². The zero-order chi connectivity index (χ0) is 20.9. The van der Waals surface area contributed by atoms with Gasteiger partial charge in [-0.25, -0.2) is 14.8 Å². The van der Waals surface area contributed by atoms with Crippen molar-refractivity contribution in [2.45, 2.75) is 32.4 Å². The van der Waals surface area contributed by atoms with E-state index in [9.17, 15) is 9.59 Å². The van der Waals surface area contributed by atoms with Crippen molar-refractivity contribution in [2.75, 3.05) is 5.32 Å². The molecule has 3 rings (SSSR count). The molecule has 0 saturated carbocycles. The fourth-order valence-corrected chi connectivity index (χ4v) is 3.32. The van der Waals surface area contributed by atoms with Crippen LogP contribution in [0.25, 0.3) is 11.3 Å². The van der Waals surface area contributed by atoms with Gasteiger partial charge in [-0.05, 0) is 50.4 Å². The second-order valence-electron chi connectivity index (χ2n) is 7.26. The van der Waals surface area contributed by atoms with Crippen LogP contribution in [0.1, 0.15) is 31.7 Å². The van der Waals surface area contributed by atoms with Gasteiger partial charge in [-0.2, -0.15) is 0 Å². The summed E-state index contributed by atoms with van der Waals surface area (Å²) >= 11 is 1.38. The fraction of sp³-hybridized carbons (Fsp3) is 0.238. The molecule has 1 atom stereocenters. The van der Waals surface area contributed by atoms with Crippen LogP contribution >= 0.6 is 11.3 Å². The topological polar surface area (TPSA) is 93.2 Å². The van der Waals surface area contributed by atoms with Gasteiger partial charge in [0.2, 0.25) is 0 Å². The third kappa shape index (κ3) is 5.86. The lowest BCUT2D eigenvalue weighted by Crippen LogP contribution is -2.39. The predicted octanol–water partition coefficient (Wildman–Crippen LogP) is 4.41. The molecule has 8 heteroatoms. The summed E-state index contributed by atoms with van der Waals surface area (Å²) in [6.07, 6.45) is 2.51. The van der Waals surface area contributed by atoms with Crippen molar-refractivity contribution in [1.82, 2.24) is 15.3 Å². The summed E-state index contributed by atoms with van der Waals surface area (Å²) in [6, 6.07) is 11.9. The van der Waals surface area contributed by atoms with Crippen molar-refractivity contribution in [3.8, 4) is 11.3 Å². The number of benzene rings is 1. The van der Waals surface area contributed by atoms with E-state index in [0.29, 0.717) is 10.6 Å². The highest BCUT2D eigenvalue weighted by atomic mass is 32.1. The molecule has 3 aromatic rings. The van der Waals surface area contributed by atoms with Crippen LogP contribution in [-0.2, 0) is 9.53 Å². The molecule has 0 aliphatic heterocycles. The predicted molar refractivity (Wildman–Crippen MR) is 113 cm³/mol. The van der Waals surface area contributed by atoms with Crippen molar-refractivity contribution in [3.05, 3.63) is 65.2 Å². The normalized spacial score (nSPS) is 12.1. The Balaban J connectivity index is 1.72. The molecule has 2 aromatic heterocycles. The molecule has 0 bridgehead atoms. The average Bonchev–Trinajstić information content (AvgIpc) is 3.20. The number of aromatic nitrogens is 2. The van der Waals surface area contributed by atoms with Crippen LogP contribution in [0.5, 0.6) is 0 Å². The number of alkyl carbamates (subject to hydrolysis) is 1. The first kappa shape index (κ1) is 20.5. The molecule has 0 aliphatic rings. The van der Waals surface area contributed by atoms with Gasteiger partial charge in [-0.1, -0.05) is 18.2 Å². The Kier molecular flexibility index (Phi) is 6.23. The summed E-state index contributed by atoms with van der Waals surface area (Å²) in [5, 5.41) is 7.35. The molecule has 0 saturated heterocycles. The molecule has 0 fully saturated rings. The minimum atomic E-state index is -0.855. The molecule has 1 aromatic carbocycles. The first-order valence-electron chi connectivity index (χ1n) is 9.02. The maximum Gasteiger partial charge on any atom is 0.408 e. The van der Waals surface area contributed by atoms with Gasteiger partial charge in [0.15, 0.2) is 0 Å². The molecule has 29 heavy (non-hydrogen) atoms. The molecular formula is C21H22N4O3S. The van der Waals surface area contributed by atoms with Crippen LogP contribution in [0.3, 0.4) is 0 Å². The van der Waals surface area contributed by atoms with Gasteiger partial charge >= 0.3 is 6.09 Å². The van der Waals surface area contributed by atoms with Crippen molar-refractivity contribution >= 4 is 29.0 Å². The monoisotopic (exact) mass is 410 g/mol. The maximum absolute atomic E-state index is 12.9. The first-order valence-corrected chi connectivity index (χ1v) is 9.90. The Morgan fingerprint density at radius 2 is 1.86 bits per heavy atom. The number of nitrogens with zero attached hydrogens (tertiary/aromatic N) is 2. The summed E-state index contributed by atoms with van der Waals surface area (Å²) in [5.74, 6) is -0.354. The van der Waals surface area contributed by atoms with Gasteiger partial charge in [0.1, 0.15) is 18.0 Å². The lowest BCUT2D eigenvalue weighted by molar-refractivity contribution is -0.118. The van der Waals surface area contributed by atoms with E-state index >= 15 is 0 Å². The maximum atomic E-state index is 12.9. The molecule has 7 nitrogen and oxygen atoms in total. The van der Waals surface area contributed by atoms with E-state index in [0.717, 1.165) is 11.3 Å². The highest BCUT2D eigenvalue weighted by Crippen LogP contribution is 2.23. The van der Waals surface area contributed by atoms with Crippen molar-refractivity contribution in [2.24, 2.45) is 0 Å². The van der Waals surface area contributed by atoms with Crippen LogP contribution < -0.4 is 10.6 Å². The van der Waals surface area contributed by atoms with E-state index in [1.54, 1.807) is 45.2 Å². The van der Waals surface area contributed by atoms with Crippen LogP contribution in [0.15, 0.2) is 60.4 Å². The molecule has 150 valence electrons. The van der Waals surface area contributed by atoms with E-state index in [1.165, 1.54) is 17.7 Å². The molecule has 0 spiro atoms. The summed E-state index contributed by atoms with van der Waals surface area (Å²) in [4.78, 5) is 33.9. The molecule has 2 heterocycles. The van der Waals surface area contributed by atoms with Gasteiger partial charge < -0.3 is 15.4 Å². The van der Waals surface area contributed by atoms with E-state index in [-0.39, 0.29) is 5.91 Å². The van der Waals surface area contributed by atoms with Gasteiger partial charge in [0.05, 0.1) is 5.69 Å². The molecule has 2 amide bonds. The molecular weight excluding hydrogens is 388 g/mol. The Bertz CT molecular complexity index is 952. The fourth-order valence-electron chi connectivity index (χ4n) is 2.55. The SMILES string of the molecule is CC(C)(C)OC(=O)N[C@@H](C(=O)Nc1ccc(-c2ccncn2)cc1)c1cccs1. The number of rotatable bonds is 5. The number of amides is 2. The van der Waals surface area contributed by atoms with E-state index in [2.05, 4.69) is 20.6 Å². The Morgan fingerprint density at radius 1 is 1.10 bits per heavy atom. The minimum Gasteiger partial charge on any atom is -0.444 e. The standard InChI is InChI=1S/C21H22N4O3S/c1-21(2,3)28-20(27)25-18(17-5-4-12-29-17)19(26)24-15-8-6-14(7-9-15)16-10-11-22-13-23-16/h4-13,18H,1-3H3,(H,24,26)(H,25,27)/t18-/m1/s1. The Morgan fingerprint density at radius 3 is 2.45 bits per heavy atom. The summed E-state index contributed by atoms with van der Waals surface area (Å²) in [7, 11) is 0. The third-order valence-electron chi connectivity index (χ3n) is 3.78. The highest BCUT2D eigenvalue weighted by molar-refractivity contribution is 7.10. The number of anilines is 1. The second-order valence-corrected chi connectivity index (χ2v) is 8.24. The number of hydrogen-bond acceptors (Lipinski definition) is 6. The molecule has 0 unspecified atom stereocenters. The molecule has 2 N–H and O–H groups in total. The lowest BCUT2D eigenvalue weighted by Gasteiger charge is -2.23. The molecule has 0 aliphatic carbocycles. The number of thiophene rings is 1. The van der Waals surface area contributed by atoms with Crippen LogP contribution in [-0.4, -0.2) is 27.6 Å². The zero-order valence-corrected chi connectivity index (χ0v) is 17.2. The number of nitrogens with one attached hydrogen (secondary N) is 2. The van der Waals surface area contributed by atoms with Gasteiger partial charge in [-0.3, -0.25) is 4.79 Å². The van der Waals surface area contributed by atoms with Crippen LogP contribution in [0.4, 0.5) is 10.5 Å². The highest BCUT2D eigenvalue weighted by Gasteiger charge is 2.26. The first-order chi connectivity index (χ1) is 13.8. The largest absolute Gasteiger partial charge is 0.444 e. The molecule has 0 radical (unpaired) electrons. The zero-order valence-electron chi connectivity index (χ0n) is 16.4. The van der Waals surface area contributed by atoms with Gasteiger partial charge in [-0.15, -0.1) is 11.3 Å².